The number of ether oxygens (including phenoxy) is 2. The average molecular weight is 173 g/mol. The van der Waals surface area contributed by atoms with Crippen molar-refractivity contribution in [3.63, 3.8) is 0 Å². The summed E-state index contributed by atoms with van der Waals surface area (Å²) >= 11 is 0. The van der Waals surface area contributed by atoms with Crippen LogP contribution in [0.25, 0.3) is 0 Å². The van der Waals surface area contributed by atoms with Gasteiger partial charge in [0.15, 0.2) is 5.79 Å². The molecule has 5 heteroatoms. The Balaban J connectivity index is 2.43. The number of nitro groups is 1. The van der Waals surface area contributed by atoms with Gasteiger partial charge in [-0.3, -0.25) is 10.1 Å². The van der Waals surface area contributed by atoms with Crippen molar-refractivity contribution in [1.29, 1.82) is 0 Å². The minimum absolute atomic E-state index is 0.301. The number of hydrogen-bond donors (Lipinski definition) is 0. The molecule has 0 aromatic rings. The third-order valence-electron chi connectivity index (χ3n) is 1.45. The monoisotopic (exact) mass is 173 g/mol. The zero-order chi connectivity index (χ0) is 9.19. The highest BCUT2D eigenvalue weighted by Gasteiger charge is 2.31. The second-order valence-corrected chi connectivity index (χ2v) is 2.99. The number of hydrogen-bond acceptors (Lipinski definition) is 4. The van der Waals surface area contributed by atoms with E-state index in [4.69, 9.17) is 9.47 Å². The largest absolute Gasteiger partial charge is 0.347 e. The van der Waals surface area contributed by atoms with E-state index in [1.165, 1.54) is 6.08 Å². The topological polar surface area (TPSA) is 61.6 Å². The molecule has 0 N–H and O–H groups in total. The summed E-state index contributed by atoms with van der Waals surface area (Å²) in [7, 11) is 0. The molecule has 1 saturated heterocycles. The Labute approximate surface area is 70.1 Å². The molecule has 1 atom stereocenters. The van der Waals surface area contributed by atoms with Gasteiger partial charge in [0.25, 0.3) is 0 Å². The molecular weight excluding hydrogens is 162 g/mol. The van der Waals surface area contributed by atoms with Gasteiger partial charge in [0, 0.05) is 6.08 Å². The summed E-state index contributed by atoms with van der Waals surface area (Å²) in [5, 5.41) is 9.94. The van der Waals surface area contributed by atoms with Crippen molar-refractivity contribution in [2.45, 2.75) is 25.7 Å². The maximum atomic E-state index is 9.94. The van der Waals surface area contributed by atoms with E-state index in [0.717, 1.165) is 6.20 Å². The molecule has 5 nitrogen and oxygen atoms in total. The van der Waals surface area contributed by atoms with Gasteiger partial charge in [-0.1, -0.05) is 0 Å². The van der Waals surface area contributed by atoms with Gasteiger partial charge in [0.2, 0.25) is 6.20 Å². The van der Waals surface area contributed by atoms with Crippen LogP contribution in [0.5, 0.6) is 0 Å². The standard InChI is InChI=1S/C7H11NO4/c1-7(2)11-5-6(12-7)3-4-8(9)10/h3-4,6H,5H2,1-2H3/b4-3+/t6-/m1/s1. The first-order chi connectivity index (χ1) is 5.49. The molecule has 1 heterocycles. The predicted molar refractivity (Wildman–Crippen MR) is 41.0 cm³/mol. The lowest BCUT2D eigenvalue weighted by atomic mass is 10.3. The van der Waals surface area contributed by atoms with Gasteiger partial charge < -0.3 is 9.47 Å². The van der Waals surface area contributed by atoms with Gasteiger partial charge >= 0.3 is 0 Å². The Hall–Kier alpha value is -0.940. The van der Waals surface area contributed by atoms with Gasteiger partial charge in [0.1, 0.15) is 6.10 Å². The highest BCUT2D eigenvalue weighted by Crippen LogP contribution is 2.22. The highest BCUT2D eigenvalue weighted by molar-refractivity contribution is 4.88. The summed E-state index contributed by atoms with van der Waals surface area (Å²) in [6.45, 7) is 3.91. The zero-order valence-corrected chi connectivity index (χ0v) is 7.02. The summed E-state index contributed by atoms with van der Waals surface area (Å²) in [5.74, 6) is -0.619. The maximum Gasteiger partial charge on any atom is 0.233 e. The molecule has 0 aromatic heterocycles. The molecular formula is C7H11NO4. The minimum Gasteiger partial charge on any atom is -0.347 e. The van der Waals surface area contributed by atoms with Crippen LogP contribution in [0.4, 0.5) is 0 Å². The highest BCUT2D eigenvalue weighted by atomic mass is 16.7. The molecule has 0 radical (unpaired) electrons. The Morgan fingerprint density at radius 2 is 2.33 bits per heavy atom. The van der Waals surface area contributed by atoms with Crippen LogP contribution >= 0.6 is 0 Å². The quantitative estimate of drug-likeness (QED) is 0.460. The van der Waals surface area contributed by atoms with E-state index in [2.05, 4.69) is 0 Å². The molecule has 0 amide bonds. The average Bonchev–Trinajstić information content (AvgIpc) is 2.26. The predicted octanol–water partition coefficient (Wildman–Crippen LogP) is 0.928. The van der Waals surface area contributed by atoms with E-state index in [0.29, 0.717) is 6.61 Å². The molecule has 0 aromatic carbocycles. The first-order valence-corrected chi connectivity index (χ1v) is 3.63. The fourth-order valence-corrected chi connectivity index (χ4v) is 0.977. The van der Waals surface area contributed by atoms with Crippen LogP contribution in [0.2, 0.25) is 0 Å². The van der Waals surface area contributed by atoms with Crippen molar-refractivity contribution < 1.29 is 14.4 Å². The Kier molecular flexibility index (Phi) is 2.44. The van der Waals surface area contributed by atoms with Crippen LogP contribution in [0.3, 0.4) is 0 Å². The smallest absolute Gasteiger partial charge is 0.233 e. The Morgan fingerprint density at radius 3 is 2.75 bits per heavy atom. The molecule has 0 unspecified atom stereocenters. The summed E-state index contributed by atoms with van der Waals surface area (Å²) in [6, 6.07) is 0. The zero-order valence-electron chi connectivity index (χ0n) is 7.02. The molecule has 1 aliphatic rings. The van der Waals surface area contributed by atoms with E-state index in [-0.39, 0.29) is 6.10 Å². The lowest BCUT2D eigenvalue weighted by Gasteiger charge is -2.15. The molecule has 12 heavy (non-hydrogen) atoms. The van der Waals surface area contributed by atoms with Gasteiger partial charge in [-0.05, 0) is 13.8 Å². The van der Waals surface area contributed by atoms with Crippen LogP contribution in [-0.2, 0) is 9.47 Å². The minimum atomic E-state index is -0.619. The molecule has 0 bridgehead atoms. The summed E-state index contributed by atoms with van der Waals surface area (Å²) in [5.41, 5.74) is 0. The lowest BCUT2D eigenvalue weighted by Crippen LogP contribution is -2.20. The lowest BCUT2D eigenvalue weighted by molar-refractivity contribution is -0.403. The van der Waals surface area contributed by atoms with Gasteiger partial charge in [-0.2, -0.15) is 0 Å². The molecule has 68 valence electrons. The molecule has 0 spiro atoms. The first-order valence-electron chi connectivity index (χ1n) is 3.63. The third kappa shape index (κ3) is 2.60. The van der Waals surface area contributed by atoms with Crippen molar-refractivity contribution in [3.8, 4) is 0 Å². The van der Waals surface area contributed by atoms with Crippen molar-refractivity contribution in [2.75, 3.05) is 6.61 Å². The maximum absolute atomic E-state index is 9.94. The van der Waals surface area contributed by atoms with Gasteiger partial charge in [0.05, 0.1) is 11.5 Å². The van der Waals surface area contributed by atoms with E-state index in [1.807, 2.05) is 0 Å². The van der Waals surface area contributed by atoms with Crippen LogP contribution in [0.15, 0.2) is 12.3 Å². The Bertz CT molecular complexity index is 211. The first kappa shape index (κ1) is 9.15. The van der Waals surface area contributed by atoms with Crippen molar-refractivity contribution in [2.24, 2.45) is 0 Å². The van der Waals surface area contributed by atoms with E-state index in [9.17, 15) is 10.1 Å². The normalized spacial score (nSPS) is 28.0. The molecule has 0 saturated carbocycles. The van der Waals surface area contributed by atoms with E-state index >= 15 is 0 Å². The molecule has 1 aliphatic heterocycles. The third-order valence-corrected chi connectivity index (χ3v) is 1.45. The summed E-state index contributed by atoms with van der Waals surface area (Å²) in [4.78, 5) is 9.42. The fraction of sp³-hybridized carbons (Fsp3) is 0.714. The molecule has 1 fully saturated rings. The Morgan fingerprint density at radius 1 is 1.67 bits per heavy atom. The van der Waals surface area contributed by atoms with Crippen LogP contribution in [0.1, 0.15) is 13.8 Å². The van der Waals surface area contributed by atoms with E-state index in [1.54, 1.807) is 13.8 Å². The van der Waals surface area contributed by atoms with E-state index < -0.39 is 10.7 Å². The molecule has 1 rings (SSSR count). The van der Waals surface area contributed by atoms with Gasteiger partial charge in [-0.25, -0.2) is 0 Å². The van der Waals surface area contributed by atoms with Crippen molar-refractivity contribution in [1.82, 2.24) is 0 Å². The number of nitrogens with zero attached hydrogens (tertiary/aromatic N) is 1. The second-order valence-electron chi connectivity index (χ2n) is 2.99. The van der Waals surface area contributed by atoms with Crippen molar-refractivity contribution in [3.05, 3.63) is 22.4 Å². The second kappa shape index (κ2) is 3.20. The summed E-state index contributed by atoms with van der Waals surface area (Å²) in [6.07, 6.45) is 1.95. The molecule has 0 aliphatic carbocycles. The van der Waals surface area contributed by atoms with Crippen LogP contribution < -0.4 is 0 Å². The number of rotatable bonds is 2. The van der Waals surface area contributed by atoms with Crippen molar-refractivity contribution >= 4 is 0 Å². The summed E-state index contributed by atoms with van der Waals surface area (Å²) < 4.78 is 10.5. The fourth-order valence-electron chi connectivity index (χ4n) is 0.977. The SMILES string of the molecule is CC1(C)OC[C@@H](/C=C/[N+](=O)[O-])O1. The van der Waals surface area contributed by atoms with Crippen LogP contribution in [-0.4, -0.2) is 23.4 Å². The van der Waals surface area contributed by atoms with Gasteiger partial charge in [-0.15, -0.1) is 0 Å². The van der Waals surface area contributed by atoms with Crippen LogP contribution in [0, 0.1) is 10.1 Å².